The average Bonchev–Trinajstić information content (AvgIpc) is 3.91. The van der Waals surface area contributed by atoms with Crippen molar-refractivity contribution in [2.75, 3.05) is 0 Å². The van der Waals surface area contributed by atoms with Crippen LogP contribution in [0.4, 0.5) is 5.69 Å². The number of fused-ring (bicyclic) bond motifs is 9. The van der Waals surface area contributed by atoms with Gasteiger partial charge in [0.1, 0.15) is 0 Å². The van der Waals surface area contributed by atoms with Crippen molar-refractivity contribution in [3.63, 3.8) is 0 Å². The molecule has 2 aliphatic carbocycles. The van der Waals surface area contributed by atoms with Crippen LogP contribution in [0.5, 0.6) is 0 Å². The molecule has 0 saturated heterocycles. The van der Waals surface area contributed by atoms with E-state index in [9.17, 15) is 0 Å². The van der Waals surface area contributed by atoms with E-state index < -0.39 is 11.0 Å². The molecule has 3 heteroatoms. The van der Waals surface area contributed by atoms with Crippen LogP contribution in [0.1, 0.15) is 38.9 Å². The van der Waals surface area contributed by atoms with Gasteiger partial charge < -0.3 is 10.3 Å². The Bertz CT molecular complexity index is 3320. The molecule has 10 aromatic rings. The van der Waals surface area contributed by atoms with E-state index in [1.54, 1.807) is 0 Å². The molecule has 2 aliphatic rings. The van der Waals surface area contributed by atoms with E-state index in [1.807, 2.05) is 12.1 Å². The van der Waals surface area contributed by atoms with Gasteiger partial charge in [0.25, 0.3) is 0 Å². The van der Waals surface area contributed by atoms with Crippen LogP contribution in [-0.4, -0.2) is 11.3 Å². The van der Waals surface area contributed by atoms with E-state index in [1.165, 1.54) is 55.3 Å². The van der Waals surface area contributed by atoms with E-state index in [0.717, 1.165) is 50.2 Å². The van der Waals surface area contributed by atoms with Gasteiger partial charge in [0, 0.05) is 22.0 Å². The number of aromatic nitrogens is 1. The molecule has 0 radical (unpaired) electrons. The van der Waals surface area contributed by atoms with Gasteiger partial charge in [-0.25, -0.2) is 0 Å². The van der Waals surface area contributed by atoms with Crippen molar-refractivity contribution >= 4 is 34.2 Å². The molecule has 9 aromatic carbocycles. The minimum atomic E-state index is -0.906. The fraction of sp³-hybridized carbons (Fsp3) is 0.0351. The van der Waals surface area contributed by atoms with Crippen LogP contribution in [0.15, 0.2) is 217 Å². The van der Waals surface area contributed by atoms with Gasteiger partial charge >= 0.3 is 0 Å². The van der Waals surface area contributed by atoms with Gasteiger partial charge in [-0.1, -0.05) is 170 Å². The van der Waals surface area contributed by atoms with Crippen molar-refractivity contribution in [2.24, 2.45) is 10.7 Å². The highest BCUT2D eigenvalue weighted by molar-refractivity contribution is 6.10. The normalized spacial score (nSPS) is 15.7. The third kappa shape index (κ3) is 4.61. The van der Waals surface area contributed by atoms with Crippen LogP contribution >= 0.6 is 0 Å². The summed E-state index contributed by atoms with van der Waals surface area (Å²) >= 11 is 0. The Balaban J connectivity index is 1.02. The first-order chi connectivity index (χ1) is 29.6. The number of benzene rings is 9. The molecule has 1 unspecified atom stereocenters. The Morgan fingerprint density at radius 2 is 0.983 bits per heavy atom. The second-order valence-electron chi connectivity index (χ2n) is 16.1. The number of nitrogens with two attached hydrogens (primary N) is 1. The number of rotatable bonds is 6. The smallest absolute Gasteiger partial charge is 0.0956 e. The van der Waals surface area contributed by atoms with E-state index in [-0.39, 0.29) is 0 Å². The summed E-state index contributed by atoms with van der Waals surface area (Å²) in [6.07, 6.45) is 0. The Hall–Kier alpha value is -7.59. The van der Waals surface area contributed by atoms with Gasteiger partial charge in [-0.3, -0.25) is 4.99 Å². The molecule has 0 saturated carbocycles. The molecule has 1 aromatic heterocycles. The molecule has 282 valence electrons. The first-order valence-electron chi connectivity index (χ1n) is 20.6. The van der Waals surface area contributed by atoms with E-state index in [2.05, 4.69) is 216 Å². The summed E-state index contributed by atoms with van der Waals surface area (Å²) in [7, 11) is 0. The number of hydrogen-bond donors (Lipinski definition) is 1. The summed E-state index contributed by atoms with van der Waals surface area (Å²) in [6.45, 7) is 3.93. The summed E-state index contributed by atoms with van der Waals surface area (Å²) in [5.74, 6) is 0. The maximum absolute atomic E-state index is 7.67. The van der Waals surface area contributed by atoms with Crippen LogP contribution in [0, 0.1) is 0 Å². The molecule has 0 aliphatic heterocycles. The third-order valence-electron chi connectivity index (χ3n) is 13.3. The number of hydrogen-bond acceptors (Lipinski definition) is 2. The fourth-order valence-electron chi connectivity index (χ4n) is 10.8. The predicted molar refractivity (Wildman–Crippen MR) is 249 cm³/mol. The van der Waals surface area contributed by atoms with Crippen LogP contribution in [0.3, 0.4) is 0 Å². The van der Waals surface area contributed by atoms with Crippen LogP contribution in [-0.2, 0) is 11.0 Å². The van der Waals surface area contributed by atoms with E-state index in [4.69, 9.17) is 5.73 Å². The zero-order valence-electron chi connectivity index (χ0n) is 32.9. The highest BCUT2D eigenvalue weighted by atomic mass is 15.0. The first kappa shape index (κ1) is 34.5. The first-order valence-corrected chi connectivity index (χ1v) is 20.6. The van der Waals surface area contributed by atoms with E-state index >= 15 is 0 Å². The summed E-state index contributed by atoms with van der Waals surface area (Å²) in [4.78, 5) is 4.46. The number of aliphatic imine (C=N–C) groups is 1. The van der Waals surface area contributed by atoms with Crippen molar-refractivity contribution in [3.8, 4) is 39.1 Å². The highest BCUT2D eigenvalue weighted by Gasteiger charge is 2.46. The summed E-state index contributed by atoms with van der Waals surface area (Å²) in [5.41, 5.74) is 25.9. The maximum Gasteiger partial charge on any atom is 0.0956 e. The maximum atomic E-state index is 7.67. The molecule has 12 rings (SSSR count). The lowest BCUT2D eigenvalue weighted by Gasteiger charge is -2.33. The monoisotopic (exact) mass is 765 g/mol. The zero-order valence-corrected chi connectivity index (χ0v) is 32.9. The third-order valence-corrected chi connectivity index (χ3v) is 13.3. The second kappa shape index (κ2) is 13.0. The summed E-state index contributed by atoms with van der Waals surface area (Å²) in [6, 6.07) is 77.1. The lowest BCUT2D eigenvalue weighted by molar-refractivity contribution is 0.672. The second-order valence-corrected chi connectivity index (χ2v) is 16.1. The summed E-state index contributed by atoms with van der Waals surface area (Å²) in [5, 5.41) is 2.41. The fourth-order valence-corrected chi connectivity index (χ4v) is 10.8. The zero-order chi connectivity index (χ0) is 40.0. The molecule has 0 fully saturated rings. The largest absolute Gasteiger partial charge is 0.314 e. The van der Waals surface area contributed by atoms with Crippen molar-refractivity contribution in [1.82, 2.24) is 4.57 Å². The Labute approximate surface area is 349 Å². The number of nitrogens with zero attached hydrogens (tertiary/aromatic N) is 2. The minimum absolute atomic E-state index is 0.423. The quantitative estimate of drug-likeness (QED) is 0.168. The summed E-state index contributed by atoms with van der Waals surface area (Å²) < 4.78 is 2.38. The highest BCUT2D eigenvalue weighted by Crippen LogP contribution is 2.57. The lowest BCUT2D eigenvalue weighted by Crippen LogP contribution is -2.37. The standard InChI is InChI=1S/C57H39N3/c1-59-52-28-15-25-46-43-22-9-12-27-51(43)57(58,55(46)52)41-20-14-21-42(36-41)60-53-29-13-10-24-45(53)48-35-38(31-33-54(48)60)37-30-32-50-47(34-37)44-23-8-11-26-49(44)56(50,39-16-4-2-5-17-39)40-18-6-3-7-19-40/h2-36H,1,58H2. The van der Waals surface area contributed by atoms with Crippen LogP contribution < -0.4 is 5.73 Å². The van der Waals surface area contributed by atoms with Gasteiger partial charge in [-0.15, -0.1) is 0 Å². The van der Waals surface area contributed by atoms with Crippen molar-refractivity contribution in [1.29, 1.82) is 0 Å². The Kier molecular flexibility index (Phi) is 7.44. The molecule has 1 heterocycles. The van der Waals surface area contributed by atoms with Gasteiger partial charge in [0.15, 0.2) is 0 Å². The van der Waals surface area contributed by atoms with Gasteiger partial charge in [-0.2, -0.15) is 0 Å². The topological polar surface area (TPSA) is 43.3 Å². The average molecular weight is 766 g/mol. The molecule has 0 bridgehead atoms. The van der Waals surface area contributed by atoms with Crippen LogP contribution in [0.25, 0.3) is 60.9 Å². The molecule has 2 N–H and O–H groups in total. The van der Waals surface area contributed by atoms with Crippen molar-refractivity contribution < 1.29 is 0 Å². The molecule has 0 amide bonds. The van der Waals surface area contributed by atoms with E-state index in [0.29, 0.717) is 0 Å². The van der Waals surface area contributed by atoms with Gasteiger partial charge in [0.05, 0.1) is 27.7 Å². The van der Waals surface area contributed by atoms with Gasteiger partial charge in [-0.05, 0) is 116 Å². The van der Waals surface area contributed by atoms with Gasteiger partial charge in [0.2, 0.25) is 0 Å². The molecule has 0 spiro atoms. The molecule has 60 heavy (non-hydrogen) atoms. The molecular formula is C57H39N3. The SMILES string of the molecule is C=Nc1cccc2c1C(N)(c1cccc(-n3c4ccccc4c4cc(-c5ccc6c(c5)-c5ccccc5C6(c5ccccc5)c5ccccc5)ccc43)c1)c1ccccc1-2. The molecule has 1 atom stereocenters. The minimum Gasteiger partial charge on any atom is -0.314 e. The Morgan fingerprint density at radius 1 is 0.417 bits per heavy atom. The predicted octanol–water partition coefficient (Wildman–Crippen LogP) is 13.4. The van der Waals surface area contributed by atoms with Crippen molar-refractivity contribution in [2.45, 2.75) is 11.0 Å². The molecular weight excluding hydrogens is 727 g/mol. The molecule has 3 nitrogen and oxygen atoms in total. The lowest BCUT2D eigenvalue weighted by atomic mass is 9.67. The Morgan fingerprint density at radius 3 is 1.75 bits per heavy atom. The number of para-hydroxylation sites is 1. The van der Waals surface area contributed by atoms with Crippen LogP contribution in [0.2, 0.25) is 0 Å². The van der Waals surface area contributed by atoms with Crippen molar-refractivity contribution in [3.05, 3.63) is 251 Å².